The molecule has 5 nitrogen and oxygen atoms in total. The summed E-state index contributed by atoms with van der Waals surface area (Å²) < 4.78 is 6.21. The minimum atomic E-state index is -0.979. The first-order valence-corrected chi connectivity index (χ1v) is 11.6. The highest BCUT2D eigenvalue weighted by atomic mass is 35.5. The van der Waals surface area contributed by atoms with Crippen molar-refractivity contribution >= 4 is 17.6 Å². The van der Waals surface area contributed by atoms with Crippen molar-refractivity contribution in [1.29, 1.82) is 0 Å². The van der Waals surface area contributed by atoms with Gasteiger partial charge in [0.2, 0.25) is 0 Å². The highest BCUT2D eigenvalue weighted by Crippen LogP contribution is 2.52. The van der Waals surface area contributed by atoms with Gasteiger partial charge in [-0.25, -0.2) is 4.79 Å². The van der Waals surface area contributed by atoms with Gasteiger partial charge in [0.1, 0.15) is 11.9 Å². The van der Waals surface area contributed by atoms with Gasteiger partial charge >= 0.3 is 5.97 Å². The van der Waals surface area contributed by atoms with Crippen LogP contribution in [0.3, 0.4) is 0 Å². The molecule has 0 aromatic heterocycles. The number of carbonyl (C=O) groups is 1. The van der Waals surface area contributed by atoms with Gasteiger partial charge in [-0.3, -0.25) is 0 Å². The van der Waals surface area contributed by atoms with Crippen molar-refractivity contribution in [3.05, 3.63) is 76.3 Å². The molecule has 168 valence electrons. The Morgan fingerprint density at radius 2 is 2.03 bits per heavy atom. The molecule has 2 aromatic rings. The summed E-state index contributed by atoms with van der Waals surface area (Å²) in [5.41, 5.74) is 1.96. The van der Waals surface area contributed by atoms with Crippen LogP contribution in [0.15, 0.2) is 54.6 Å². The molecule has 5 atom stereocenters. The van der Waals surface area contributed by atoms with Crippen molar-refractivity contribution in [2.75, 3.05) is 0 Å². The SMILES string of the molecule is O=C(O)c1ccc2c(c1)O[C@H]1C[C@@H](O)[C@H](/C=C/C(O)C3(c4cccc(Cl)c4)CC3)[C@H]1CC2. The van der Waals surface area contributed by atoms with E-state index in [1.165, 1.54) is 0 Å². The van der Waals surface area contributed by atoms with Gasteiger partial charge in [-0.15, -0.1) is 0 Å². The number of benzene rings is 2. The van der Waals surface area contributed by atoms with Gasteiger partial charge in [0.25, 0.3) is 0 Å². The summed E-state index contributed by atoms with van der Waals surface area (Å²) in [4.78, 5) is 11.3. The molecule has 0 radical (unpaired) electrons. The second kappa shape index (κ2) is 8.22. The van der Waals surface area contributed by atoms with E-state index in [4.69, 9.17) is 16.3 Å². The van der Waals surface area contributed by atoms with Crippen LogP contribution in [-0.2, 0) is 11.8 Å². The molecule has 0 spiro atoms. The largest absolute Gasteiger partial charge is 0.490 e. The van der Waals surface area contributed by atoms with E-state index in [1.807, 2.05) is 42.5 Å². The fourth-order valence-corrected chi connectivity index (χ4v) is 5.67. The average molecular weight is 455 g/mol. The first kappa shape index (κ1) is 21.5. The third kappa shape index (κ3) is 3.83. The molecular formula is C26H27ClO5. The monoisotopic (exact) mass is 454 g/mol. The third-order valence-corrected chi connectivity index (χ3v) is 7.73. The highest BCUT2D eigenvalue weighted by molar-refractivity contribution is 6.30. The molecule has 2 saturated carbocycles. The lowest BCUT2D eigenvalue weighted by Crippen LogP contribution is -2.26. The Hall–Kier alpha value is -2.34. The topological polar surface area (TPSA) is 87.0 Å². The number of hydrogen-bond acceptors (Lipinski definition) is 4. The Labute approximate surface area is 192 Å². The third-order valence-electron chi connectivity index (χ3n) is 7.50. The molecule has 3 aliphatic rings. The number of halogens is 1. The number of carboxylic acid groups (broad SMARTS) is 1. The van der Waals surface area contributed by atoms with Crippen LogP contribution in [-0.4, -0.2) is 39.6 Å². The van der Waals surface area contributed by atoms with Crippen molar-refractivity contribution in [3.63, 3.8) is 0 Å². The maximum absolute atomic E-state index is 11.3. The summed E-state index contributed by atoms with van der Waals surface area (Å²) >= 11 is 6.16. The number of aliphatic hydroxyl groups is 2. The van der Waals surface area contributed by atoms with E-state index in [1.54, 1.807) is 12.1 Å². The van der Waals surface area contributed by atoms with Crippen LogP contribution in [0.4, 0.5) is 0 Å². The molecule has 1 aliphatic heterocycles. The van der Waals surface area contributed by atoms with Crippen LogP contribution in [0.2, 0.25) is 5.02 Å². The molecule has 2 aromatic carbocycles. The standard InChI is InChI=1S/C26H27ClO5/c27-18-3-1-2-17(13-18)26(10-11-26)24(29)9-8-19-20-7-6-15-4-5-16(25(30)31)12-22(15)32-23(20)14-21(19)28/h1-5,8-9,12-13,19-21,23-24,28-29H,6-7,10-11,14H2,(H,30,31)/b9-8+/t19-,20-,21-,23+,24?/m1/s1. The van der Waals surface area contributed by atoms with Gasteiger partial charge in [-0.05, 0) is 61.1 Å². The van der Waals surface area contributed by atoms with E-state index < -0.39 is 18.2 Å². The zero-order valence-corrected chi connectivity index (χ0v) is 18.4. The zero-order chi connectivity index (χ0) is 22.5. The molecule has 2 fully saturated rings. The number of aromatic carboxylic acids is 1. The quantitative estimate of drug-likeness (QED) is 0.584. The summed E-state index contributed by atoms with van der Waals surface area (Å²) in [6.45, 7) is 0. The maximum atomic E-state index is 11.3. The zero-order valence-electron chi connectivity index (χ0n) is 17.7. The molecule has 6 heteroatoms. The molecule has 2 aliphatic carbocycles. The molecule has 1 unspecified atom stereocenters. The lowest BCUT2D eigenvalue weighted by atomic mass is 9.85. The Morgan fingerprint density at radius 3 is 2.75 bits per heavy atom. The molecule has 1 heterocycles. The predicted octanol–water partition coefficient (Wildman–Crippen LogP) is 4.38. The van der Waals surface area contributed by atoms with E-state index in [0.29, 0.717) is 17.2 Å². The second-order valence-electron chi connectivity index (χ2n) is 9.36. The maximum Gasteiger partial charge on any atom is 0.335 e. The van der Waals surface area contributed by atoms with E-state index in [2.05, 4.69) is 0 Å². The number of hydrogen-bond donors (Lipinski definition) is 3. The minimum Gasteiger partial charge on any atom is -0.490 e. The first-order valence-electron chi connectivity index (χ1n) is 11.2. The van der Waals surface area contributed by atoms with Crippen molar-refractivity contribution in [2.45, 2.75) is 55.8 Å². The first-order chi connectivity index (χ1) is 15.4. The van der Waals surface area contributed by atoms with Crippen LogP contribution < -0.4 is 4.74 Å². The molecule has 0 saturated heterocycles. The van der Waals surface area contributed by atoms with Gasteiger partial charge in [0.15, 0.2) is 0 Å². The summed E-state index contributed by atoms with van der Waals surface area (Å²) in [6, 6.07) is 12.7. The van der Waals surface area contributed by atoms with Crippen molar-refractivity contribution in [3.8, 4) is 5.75 Å². The summed E-state index contributed by atoms with van der Waals surface area (Å²) in [5, 5.41) is 31.7. The van der Waals surface area contributed by atoms with Crippen LogP contribution in [0.1, 0.15) is 47.2 Å². The van der Waals surface area contributed by atoms with E-state index in [9.17, 15) is 20.1 Å². The fraction of sp³-hybridized carbons (Fsp3) is 0.423. The molecule has 0 amide bonds. The average Bonchev–Trinajstić information content (AvgIpc) is 3.54. The summed E-state index contributed by atoms with van der Waals surface area (Å²) in [5.74, 6) is -0.382. The molecular weight excluding hydrogens is 428 g/mol. The van der Waals surface area contributed by atoms with Gasteiger partial charge in [0.05, 0.1) is 17.8 Å². The number of ether oxygens (including phenoxy) is 1. The van der Waals surface area contributed by atoms with E-state index >= 15 is 0 Å². The fourth-order valence-electron chi connectivity index (χ4n) is 5.48. The van der Waals surface area contributed by atoms with Gasteiger partial charge in [0, 0.05) is 28.7 Å². The molecule has 5 rings (SSSR count). The number of fused-ring (bicyclic) bond motifs is 2. The highest BCUT2D eigenvalue weighted by Gasteiger charge is 2.50. The summed E-state index contributed by atoms with van der Waals surface area (Å²) in [6.07, 6.45) is 6.33. The van der Waals surface area contributed by atoms with Crippen LogP contribution >= 0.6 is 11.6 Å². The Morgan fingerprint density at radius 1 is 1.22 bits per heavy atom. The number of aliphatic hydroxyl groups excluding tert-OH is 2. The number of carboxylic acids is 1. The summed E-state index contributed by atoms with van der Waals surface area (Å²) in [7, 11) is 0. The van der Waals surface area contributed by atoms with Crippen molar-refractivity contribution in [1.82, 2.24) is 0 Å². The minimum absolute atomic E-state index is 0.107. The lowest BCUT2D eigenvalue weighted by molar-refractivity contribution is 0.0695. The Balaban J connectivity index is 1.33. The normalized spacial score (nSPS) is 29.0. The smallest absolute Gasteiger partial charge is 0.335 e. The molecule has 32 heavy (non-hydrogen) atoms. The predicted molar refractivity (Wildman–Crippen MR) is 121 cm³/mol. The van der Waals surface area contributed by atoms with Crippen LogP contribution in [0.25, 0.3) is 0 Å². The number of rotatable bonds is 5. The van der Waals surface area contributed by atoms with Gasteiger partial charge < -0.3 is 20.1 Å². The Kier molecular flexibility index (Phi) is 5.52. The lowest BCUT2D eigenvalue weighted by Gasteiger charge is -2.23. The van der Waals surface area contributed by atoms with Crippen molar-refractivity contribution < 1.29 is 24.9 Å². The van der Waals surface area contributed by atoms with Crippen LogP contribution in [0.5, 0.6) is 5.75 Å². The molecule has 0 bridgehead atoms. The van der Waals surface area contributed by atoms with Crippen molar-refractivity contribution in [2.24, 2.45) is 11.8 Å². The van der Waals surface area contributed by atoms with Crippen LogP contribution in [0, 0.1) is 11.8 Å². The van der Waals surface area contributed by atoms with E-state index in [-0.39, 0.29) is 28.9 Å². The Bertz CT molecular complexity index is 1060. The van der Waals surface area contributed by atoms with Gasteiger partial charge in [-0.2, -0.15) is 0 Å². The second-order valence-corrected chi connectivity index (χ2v) is 9.80. The van der Waals surface area contributed by atoms with Gasteiger partial charge in [-0.1, -0.05) is 42.0 Å². The van der Waals surface area contributed by atoms with E-state index in [0.717, 1.165) is 36.8 Å². The molecule has 3 N–H and O–H groups in total. The number of aryl methyl sites for hydroxylation is 1.